The van der Waals surface area contributed by atoms with E-state index in [9.17, 15) is 16.8 Å². The van der Waals surface area contributed by atoms with Crippen molar-refractivity contribution >= 4 is 31.5 Å². The van der Waals surface area contributed by atoms with Crippen LogP contribution in [0, 0.1) is 0 Å². The highest BCUT2D eigenvalue weighted by molar-refractivity contribution is 7.90. The summed E-state index contributed by atoms with van der Waals surface area (Å²) < 4.78 is 52.7. The second kappa shape index (κ2) is 6.16. The van der Waals surface area contributed by atoms with E-state index in [0.29, 0.717) is 6.42 Å². The number of sulfonamides is 1. The molecule has 1 N–H and O–H groups in total. The maximum atomic E-state index is 11.6. The first kappa shape index (κ1) is 16.3. The first-order chi connectivity index (χ1) is 8.65. The fourth-order valence-corrected chi connectivity index (χ4v) is 3.17. The highest BCUT2D eigenvalue weighted by Gasteiger charge is 2.23. The number of alkyl halides is 1. The summed E-state index contributed by atoms with van der Waals surface area (Å²) in [5.41, 5.74) is 0. The summed E-state index contributed by atoms with van der Waals surface area (Å²) in [6.07, 6.45) is 1.22. The summed E-state index contributed by atoms with van der Waals surface area (Å²) in [6.45, 7) is 1.47. The van der Waals surface area contributed by atoms with E-state index >= 15 is 0 Å². The second-order valence-electron chi connectivity index (χ2n) is 3.88. The van der Waals surface area contributed by atoms with E-state index in [-0.39, 0.29) is 17.5 Å². The largest absolute Gasteiger partial charge is 0.411 e. The molecule has 1 heterocycles. The molecular weight excluding hydrogens is 318 g/mol. The van der Waals surface area contributed by atoms with E-state index in [1.165, 1.54) is 6.92 Å². The standard InChI is InChI=1S/C8H14ClN3O5S2/c1-6(12-19(15,16)5-3-4-9)7-10-11-8(17-7)18(2,13)14/h6,12H,3-5H2,1-2H3/t6-/m0/s1. The molecule has 0 fully saturated rings. The fourth-order valence-electron chi connectivity index (χ4n) is 1.17. The van der Waals surface area contributed by atoms with Crippen molar-refractivity contribution in [1.82, 2.24) is 14.9 Å². The van der Waals surface area contributed by atoms with Gasteiger partial charge in [0, 0.05) is 12.1 Å². The van der Waals surface area contributed by atoms with Crippen LogP contribution in [0.1, 0.15) is 25.3 Å². The zero-order valence-corrected chi connectivity index (χ0v) is 12.7. The number of rotatable bonds is 7. The van der Waals surface area contributed by atoms with Gasteiger partial charge in [-0.15, -0.1) is 16.7 Å². The van der Waals surface area contributed by atoms with Crippen LogP contribution >= 0.6 is 11.6 Å². The number of hydrogen-bond donors (Lipinski definition) is 1. The van der Waals surface area contributed by atoms with Gasteiger partial charge >= 0.3 is 5.22 Å². The molecule has 0 saturated heterocycles. The topological polar surface area (TPSA) is 119 Å². The van der Waals surface area contributed by atoms with Crippen molar-refractivity contribution in [2.45, 2.75) is 24.6 Å². The van der Waals surface area contributed by atoms with E-state index < -0.39 is 31.1 Å². The summed E-state index contributed by atoms with van der Waals surface area (Å²) in [7, 11) is -7.14. The van der Waals surface area contributed by atoms with Crippen LogP contribution in [0.3, 0.4) is 0 Å². The average molecular weight is 332 g/mol. The van der Waals surface area contributed by atoms with E-state index in [4.69, 9.17) is 16.0 Å². The molecule has 1 atom stereocenters. The molecule has 0 saturated carbocycles. The molecule has 0 aliphatic heterocycles. The minimum Gasteiger partial charge on any atom is -0.411 e. The van der Waals surface area contributed by atoms with Gasteiger partial charge < -0.3 is 4.42 Å². The van der Waals surface area contributed by atoms with Crippen LogP contribution in [0.15, 0.2) is 9.64 Å². The number of sulfone groups is 1. The molecule has 0 spiro atoms. The van der Waals surface area contributed by atoms with Gasteiger partial charge in [-0.1, -0.05) is 5.10 Å². The third-order valence-electron chi connectivity index (χ3n) is 2.01. The first-order valence-corrected chi connectivity index (χ1v) is 9.33. The van der Waals surface area contributed by atoms with Crippen LogP contribution in [0.5, 0.6) is 0 Å². The lowest BCUT2D eigenvalue weighted by molar-refractivity contribution is 0.373. The Kier molecular flexibility index (Phi) is 5.30. The van der Waals surface area contributed by atoms with Crippen LogP contribution in [-0.4, -0.2) is 44.9 Å². The number of nitrogens with zero attached hydrogens (tertiary/aromatic N) is 2. The Hall–Kier alpha value is -0.710. The third-order valence-corrected chi connectivity index (χ3v) is 4.62. The fraction of sp³-hybridized carbons (Fsp3) is 0.750. The van der Waals surface area contributed by atoms with Gasteiger partial charge in [-0.25, -0.2) is 21.6 Å². The SMILES string of the molecule is C[C@H](NS(=O)(=O)CCCCl)c1nnc(S(C)(=O)=O)o1. The Morgan fingerprint density at radius 3 is 2.42 bits per heavy atom. The first-order valence-electron chi connectivity index (χ1n) is 5.25. The van der Waals surface area contributed by atoms with Gasteiger partial charge in [-0.05, 0) is 13.3 Å². The highest BCUT2D eigenvalue weighted by Crippen LogP contribution is 2.14. The maximum absolute atomic E-state index is 11.6. The number of aromatic nitrogens is 2. The van der Waals surface area contributed by atoms with Crippen molar-refractivity contribution in [2.75, 3.05) is 17.9 Å². The molecule has 0 unspecified atom stereocenters. The Labute approximate surface area is 116 Å². The second-order valence-corrected chi connectivity index (χ2v) is 8.02. The van der Waals surface area contributed by atoms with Crippen molar-refractivity contribution in [3.63, 3.8) is 0 Å². The Bertz CT molecular complexity index is 625. The molecule has 8 nitrogen and oxygen atoms in total. The van der Waals surface area contributed by atoms with Crippen molar-refractivity contribution < 1.29 is 21.3 Å². The maximum Gasteiger partial charge on any atom is 0.335 e. The van der Waals surface area contributed by atoms with Crippen LogP contribution in [0.4, 0.5) is 0 Å². The van der Waals surface area contributed by atoms with Crippen LogP contribution in [0.2, 0.25) is 0 Å². The van der Waals surface area contributed by atoms with Crippen LogP contribution in [-0.2, 0) is 19.9 Å². The van der Waals surface area contributed by atoms with Gasteiger partial charge in [0.2, 0.25) is 25.8 Å². The smallest absolute Gasteiger partial charge is 0.335 e. The Balaban J connectivity index is 2.79. The van der Waals surface area contributed by atoms with Gasteiger partial charge in [0.15, 0.2) is 0 Å². The van der Waals surface area contributed by atoms with Crippen LogP contribution in [0.25, 0.3) is 0 Å². The lowest BCUT2D eigenvalue weighted by Gasteiger charge is -2.09. The van der Waals surface area contributed by atoms with Crippen molar-refractivity contribution in [3.8, 4) is 0 Å². The zero-order chi connectivity index (χ0) is 14.7. The van der Waals surface area contributed by atoms with Crippen molar-refractivity contribution in [1.29, 1.82) is 0 Å². The molecule has 0 amide bonds. The predicted octanol–water partition coefficient (Wildman–Crippen LogP) is 0.0824. The number of nitrogens with one attached hydrogen (secondary N) is 1. The minimum atomic E-state index is -3.61. The molecule has 0 aliphatic carbocycles. The summed E-state index contributed by atoms with van der Waals surface area (Å²) in [4.78, 5) is 0. The van der Waals surface area contributed by atoms with Crippen LogP contribution < -0.4 is 4.72 Å². The predicted molar refractivity (Wildman–Crippen MR) is 68.1 cm³/mol. The Morgan fingerprint density at radius 2 is 1.95 bits per heavy atom. The monoisotopic (exact) mass is 331 g/mol. The lowest BCUT2D eigenvalue weighted by Crippen LogP contribution is -2.29. The van der Waals surface area contributed by atoms with Gasteiger partial charge in [0.25, 0.3) is 0 Å². The summed E-state index contributed by atoms with van der Waals surface area (Å²) in [6, 6.07) is -0.816. The van der Waals surface area contributed by atoms with Gasteiger partial charge in [-0.2, -0.15) is 0 Å². The molecule has 0 radical (unpaired) electrons. The van der Waals surface area contributed by atoms with Crippen molar-refractivity contribution in [3.05, 3.63) is 5.89 Å². The molecule has 1 rings (SSSR count). The minimum absolute atomic E-state index is 0.116. The molecule has 110 valence electrons. The molecule has 0 bridgehead atoms. The van der Waals surface area contributed by atoms with Crippen molar-refractivity contribution in [2.24, 2.45) is 0 Å². The zero-order valence-electron chi connectivity index (χ0n) is 10.3. The van der Waals surface area contributed by atoms with Gasteiger partial charge in [-0.3, -0.25) is 0 Å². The van der Waals surface area contributed by atoms with E-state index in [1.807, 2.05) is 0 Å². The van der Waals surface area contributed by atoms with Gasteiger partial charge in [0.05, 0.1) is 11.8 Å². The van der Waals surface area contributed by atoms with E-state index in [2.05, 4.69) is 14.9 Å². The summed E-state index contributed by atoms with van der Waals surface area (Å²) in [5.74, 6) is -0.0167. The molecule has 1 aromatic heterocycles. The third kappa shape index (κ3) is 5.05. The number of hydrogen-bond acceptors (Lipinski definition) is 7. The quantitative estimate of drug-likeness (QED) is 0.702. The van der Waals surface area contributed by atoms with E-state index in [0.717, 1.165) is 6.26 Å². The molecule has 0 aromatic carbocycles. The molecule has 1 aromatic rings. The molecular formula is C8H14ClN3O5S2. The number of halogens is 1. The highest BCUT2D eigenvalue weighted by atomic mass is 35.5. The molecule has 11 heteroatoms. The summed E-state index contributed by atoms with van der Waals surface area (Å²) >= 11 is 5.41. The molecule has 0 aliphatic rings. The Morgan fingerprint density at radius 1 is 1.32 bits per heavy atom. The normalized spacial score (nSPS) is 14.5. The van der Waals surface area contributed by atoms with Gasteiger partial charge in [0.1, 0.15) is 0 Å². The van der Waals surface area contributed by atoms with E-state index in [1.54, 1.807) is 0 Å². The summed E-state index contributed by atoms with van der Waals surface area (Å²) in [5, 5.41) is 6.29. The average Bonchev–Trinajstić information content (AvgIpc) is 2.74. The lowest BCUT2D eigenvalue weighted by atomic mass is 10.4. The molecule has 19 heavy (non-hydrogen) atoms.